The molecule has 0 fully saturated rings. The van der Waals surface area contributed by atoms with Gasteiger partial charge in [-0.15, -0.1) is 0 Å². The smallest absolute Gasteiger partial charge is 0.160 e. The lowest BCUT2D eigenvalue weighted by Gasteiger charge is -2.00. The van der Waals surface area contributed by atoms with Crippen LogP contribution in [0.25, 0.3) is 22.8 Å². The van der Waals surface area contributed by atoms with Crippen LogP contribution in [0.4, 0.5) is 0 Å². The van der Waals surface area contributed by atoms with Crippen molar-refractivity contribution in [1.29, 1.82) is 5.26 Å². The molecule has 0 saturated heterocycles. The fraction of sp³-hybridized carbons (Fsp3) is 0.0625. The first kappa shape index (κ1) is 13.3. The average Bonchev–Trinajstić information content (AvgIpc) is 2.84. The van der Waals surface area contributed by atoms with E-state index in [9.17, 15) is 5.26 Å². The maximum absolute atomic E-state index is 9.43. The molecule has 2 heterocycles. The summed E-state index contributed by atoms with van der Waals surface area (Å²) in [5.74, 6) is 0.598. The molecule has 5 heteroatoms. The molecular formula is C16H11ClN4. The third kappa shape index (κ3) is 2.51. The molecule has 102 valence electrons. The molecule has 0 amide bonds. The highest BCUT2D eigenvalue weighted by Crippen LogP contribution is 2.21. The summed E-state index contributed by atoms with van der Waals surface area (Å²) in [6, 6.07) is 13.2. The van der Waals surface area contributed by atoms with Crippen LogP contribution in [0.3, 0.4) is 0 Å². The van der Waals surface area contributed by atoms with Gasteiger partial charge in [0.1, 0.15) is 11.6 Å². The van der Waals surface area contributed by atoms with E-state index in [1.165, 1.54) is 0 Å². The molecule has 0 aliphatic carbocycles. The van der Waals surface area contributed by atoms with Gasteiger partial charge in [-0.05, 0) is 35.9 Å². The van der Waals surface area contributed by atoms with E-state index in [1.54, 1.807) is 24.4 Å². The van der Waals surface area contributed by atoms with Gasteiger partial charge in [0, 0.05) is 18.3 Å². The maximum Gasteiger partial charge on any atom is 0.160 e. The summed E-state index contributed by atoms with van der Waals surface area (Å²) < 4.78 is 1.82. The number of halogens is 1. The van der Waals surface area contributed by atoms with Gasteiger partial charge in [0.2, 0.25) is 0 Å². The minimum Gasteiger partial charge on any atom is -0.311 e. The topological polar surface area (TPSA) is 54.5 Å². The lowest BCUT2D eigenvalue weighted by Crippen LogP contribution is -1.96. The number of hydrogen-bond acceptors (Lipinski definition) is 3. The van der Waals surface area contributed by atoms with Crippen molar-refractivity contribution in [2.24, 2.45) is 7.05 Å². The molecule has 0 saturated carbocycles. The highest BCUT2D eigenvalue weighted by molar-refractivity contribution is 6.30. The van der Waals surface area contributed by atoms with Gasteiger partial charge >= 0.3 is 0 Å². The Kier molecular flexibility index (Phi) is 3.43. The van der Waals surface area contributed by atoms with Gasteiger partial charge in [0.15, 0.2) is 11.5 Å². The molecular weight excluding hydrogens is 284 g/mol. The zero-order chi connectivity index (χ0) is 14.8. The lowest BCUT2D eigenvalue weighted by atomic mass is 10.1. The number of imidazole rings is 1. The zero-order valence-corrected chi connectivity index (χ0v) is 12.0. The summed E-state index contributed by atoms with van der Waals surface area (Å²) in [6.07, 6.45) is 3.50. The standard InChI is InChI=1S/C16H11ClN4/c1-21-15(20-14-3-2-8-19-16(14)21)12(10-18)9-11-4-6-13(17)7-5-11/h2-9H,1H3. The number of aryl methyl sites for hydroxylation is 1. The fourth-order valence-corrected chi connectivity index (χ4v) is 2.26. The van der Waals surface area contributed by atoms with Crippen LogP contribution in [-0.4, -0.2) is 14.5 Å². The van der Waals surface area contributed by atoms with Crippen molar-refractivity contribution >= 4 is 34.4 Å². The average molecular weight is 295 g/mol. The normalized spacial score (nSPS) is 11.6. The summed E-state index contributed by atoms with van der Waals surface area (Å²) in [6.45, 7) is 0. The van der Waals surface area contributed by atoms with E-state index in [2.05, 4.69) is 16.0 Å². The molecule has 0 atom stereocenters. The molecule has 21 heavy (non-hydrogen) atoms. The highest BCUT2D eigenvalue weighted by atomic mass is 35.5. The molecule has 0 N–H and O–H groups in total. The first-order valence-corrected chi connectivity index (χ1v) is 6.72. The molecule has 0 unspecified atom stereocenters. The molecule has 0 spiro atoms. The first-order chi connectivity index (χ1) is 10.2. The Morgan fingerprint density at radius 2 is 2.05 bits per heavy atom. The van der Waals surface area contributed by atoms with Crippen molar-refractivity contribution in [2.45, 2.75) is 0 Å². The van der Waals surface area contributed by atoms with E-state index in [0.29, 0.717) is 16.4 Å². The Hall–Kier alpha value is -2.64. The number of rotatable bonds is 2. The molecule has 0 aliphatic heterocycles. The number of benzene rings is 1. The van der Waals surface area contributed by atoms with Crippen molar-refractivity contribution in [3.63, 3.8) is 0 Å². The third-order valence-electron chi connectivity index (χ3n) is 3.17. The monoisotopic (exact) mass is 294 g/mol. The Morgan fingerprint density at radius 1 is 1.29 bits per heavy atom. The Morgan fingerprint density at radius 3 is 2.71 bits per heavy atom. The van der Waals surface area contributed by atoms with Gasteiger partial charge in [-0.25, -0.2) is 9.97 Å². The van der Waals surface area contributed by atoms with Crippen LogP contribution < -0.4 is 0 Å². The quantitative estimate of drug-likeness (QED) is 0.677. The summed E-state index contributed by atoms with van der Waals surface area (Å²) in [5, 5.41) is 10.1. The Labute approximate surface area is 126 Å². The summed E-state index contributed by atoms with van der Waals surface area (Å²) >= 11 is 5.87. The van der Waals surface area contributed by atoms with Gasteiger partial charge < -0.3 is 4.57 Å². The lowest BCUT2D eigenvalue weighted by molar-refractivity contribution is 0.910. The van der Waals surface area contributed by atoms with Crippen molar-refractivity contribution in [3.8, 4) is 6.07 Å². The second kappa shape index (κ2) is 5.39. The minimum atomic E-state index is 0.484. The van der Waals surface area contributed by atoms with E-state index in [0.717, 1.165) is 16.7 Å². The van der Waals surface area contributed by atoms with Crippen LogP contribution >= 0.6 is 11.6 Å². The van der Waals surface area contributed by atoms with Crippen molar-refractivity contribution < 1.29 is 0 Å². The van der Waals surface area contributed by atoms with Crippen LogP contribution in [-0.2, 0) is 7.05 Å². The van der Waals surface area contributed by atoms with Gasteiger partial charge in [-0.1, -0.05) is 23.7 Å². The van der Waals surface area contributed by atoms with Crippen LogP contribution in [0.2, 0.25) is 5.02 Å². The predicted molar refractivity (Wildman–Crippen MR) is 83.4 cm³/mol. The van der Waals surface area contributed by atoms with Crippen LogP contribution in [0.1, 0.15) is 11.4 Å². The van der Waals surface area contributed by atoms with Crippen molar-refractivity contribution in [3.05, 3.63) is 59.0 Å². The number of nitrogens with zero attached hydrogens (tertiary/aromatic N) is 4. The SMILES string of the molecule is Cn1c(C(C#N)=Cc2ccc(Cl)cc2)nc2cccnc21. The second-order valence-electron chi connectivity index (χ2n) is 4.56. The Balaban J connectivity index is 2.12. The van der Waals surface area contributed by atoms with E-state index in [-0.39, 0.29) is 0 Å². The largest absolute Gasteiger partial charge is 0.311 e. The highest BCUT2D eigenvalue weighted by Gasteiger charge is 2.12. The van der Waals surface area contributed by atoms with E-state index >= 15 is 0 Å². The fourth-order valence-electron chi connectivity index (χ4n) is 2.14. The number of hydrogen-bond donors (Lipinski definition) is 0. The third-order valence-corrected chi connectivity index (χ3v) is 3.42. The molecule has 3 rings (SSSR count). The van der Waals surface area contributed by atoms with Crippen LogP contribution in [0.5, 0.6) is 0 Å². The predicted octanol–water partition coefficient (Wildman–Crippen LogP) is 3.69. The number of allylic oxidation sites excluding steroid dienone is 1. The van der Waals surface area contributed by atoms with E-state index in [1.807, 2.05) is 35.9 Å². The molecule has 1 aromatic carbocycles. The molecule has 2 aromatic heterocycles. The molecule has 0 bridgehead atoms. The van der Waals surface area contributed by atoms with Gasteiger partial charge in [-0.3, -0.25) is 0 Å². The van der Waals surface area contributed by atoms with Gasteiger partial charge in [0.05, 0.1) is 5.57 Å². The molecule has 0 radical (unpaired) electrons. The molecule has 0 aliphatic rings. The van der Waals surface area contributed by atoms with Gasteiger partial charge in [-0.2, -0.15) is 5.26 Å². The molecule has 3 aromatic rings. The van der Waals surface area contributed by atoms with Crippen LogP contribution in [0.15, 0.2) is 42.6 Å². The minimum absolute atomic E-state index is 0.484. The summed E-state index contributed by atoms with van der Waals surface area (Å²) in [4.78, 5) is 8.76. The maximum atomic E-state index is 9.43. The zero-order valence-electron chi connectivity index (χ0n) is 11.3. The number of aromatic nitrogens is 3. The first-order valence-electron chi connectivity index (χ1n) is 6.34. The number of fused-ring (bicyclic) bond motifs is 1. The number of pyridine rings is 1. The van der Waals surface area contributed by atoms with Crippen molar-refractivity contribution in [2.75, 3.05) is 0 Å². The summed E-state index contributed by atoms with van der Waals surface area (Å²) in [5.41, 5.74) is 2.91. The Bertz CT molecular complexity index is 869. The van der Waals surface area contributed by atoms with E-state index in [4.69, 9.17) is 11.6 Å². The molecule has 4 nitrogen and oxygen atoms in total. The summed E-state index contributed by atoms with van der Waals surface area (Å²) in [7, 11) is 1.85. The number of nitriles is 1. The van der Waals surface area contributed by atoms with E-state index < -0.39 is 0 Å². The van der Waals surface area contributed by atoms with Crippen LogP contribution in [0, 0.1) is 11.3 Å². The second-order valence-corrected chi connectivity index (χ2v) is 5.00. The van der Waals surface area contributed by atoms with Gasteiger partial charge in [0.25, 0.3) is 0 Å². The van der Waals surface area contributed by atoms with Crippen molar-refractivity contribution in [1.82, 2.24) is 14.5 Å².